The first kappa shape index (κ1) is 10.6. The lowest BCUT2D eigenvalue weighted by atomic mass is 10.2. The first-order valence-corrected chi connectivity index (χ1v) is 6.25. The highest BCUT2D eigenvalue weighted by atomic mass is 32.2. The van der Waals surface area contributed by atoms with Crippen molar-refractivity contribution in [2.75, 3.05) is 6.26 Å². The number of rotatable bonds is 2. The van der Waals surface area contributed by atoms with Crippen molar-refractivity contribution in [1.29, 1.82) is 0 Å². The third-order valence-electron chi connectivity index (χ3n) is 2.24. The van der Waals surface area contributed by atoms with E-state index in [0.717, 1.165) is 6.26 Å². The number of H-pyrrole nitrogens is 1. The minimum atomic E-state index is -3.48. The van der Waals surface area contributed by atoms with E-state index in [9.17, 15) is 18.5 Å². The summed E-state index contributed by atoms with van der Waals surface area (Å²) in [4.78, 5) is 12.9. The first-order valence-electron chi connectivity index (χ1n) is 4.36. The molecule has 1 heterocycles. The summed E-state index contributed by atoms with van der Waals surface area (Å²) in [6.07, 6.45) is 2.29. The number of aromatic amines is 1. The maximum atomic E-state index is 11.4. The minimum absolute atomic E-state index is 0.0465. The molecule has 0 unspecified atom stereocenters. The summed E-state index contributed by atoms with van der Waals surface area (Å²) >= 11 is 0. The van der Waals surface area contributed by atoms with Gasteiger partial charge in [-0.1, -0.05) is 6.07 Å². The highest BCUT2D eigenvalue weighted by Crippen LogP contribution is 2.30. The van der Waals surface area contributed by atoms with Crippen LogP contribution in [0.4, 0.5) is 5.69 Å². The van der Waals surface area contributed by atoms with Crippen LogP contribution in [0.25, 0.3) is 10.9 Å². The van der Waals surface area contributed by atoms with E-state index in [1.807, 2.05) is 0 Å². The Morgan fingerprint density at radius 3 is 2.62 bits per heavy atom. The molecule has 0 aliphatic rings. The lowest BCUT2D eigenvalue weighted by Crippen LogP contribution is -1.97. The minimum Gasteiger partial charge on any atom is -0.360 e. The van der Waals surface area contributed by atoms with E-state index in [4.69, 9.17) is 0 Å². The molecule has 0 amide bonds. The molecule has 1 aromatic heterocycles. The fourth-order valence-electron chi connectivity index (χ4n) is 1.58. The third-order valence-corrected chi connectivity index (χ3v) is 3.36. The van der Waals surface area contributed by atoms with Gasteiger partial charge in [0.1, 0.15) is 0 Å². The van der Waals surface area contributed by atoms with Crippen molar-refractivity contribution in [3.63, 3.8) is 0 Å². The van der Waals surface area contributed by atoms with E-state index < -0.39 is 14.8 Å². The summed E-state index contributed by atoms with van der Waals surface area (Å²) in [6.45, 7) is 0. The van der Waals surface area contributed by atoms with Crippen molar-refractivity contribution in [3.8, 4) is 0 Å². The Morgan fingerprint density at radius 1 is 1.38 bits per heavy atom. The number of non-ortho nitro benzene ring substituents is 1. The van der Waals surface area contributed by atoms with Crippen LogP contribution in [-0.2, 0) is 9.84 Å². The summed E-state index contributed by atoms with van der Waals surface area (Å²) in [7, 11) is -3.48. The number of sulfone groups is 1. The highest BCUT2D eigenvalue weighted by Gasteiger charge is 2.21. The monoisotopic (exact) mass is 240 g/mol. The molecule has 84 valence electrons. The van der Waals surface area contributed by atoms with Gasteiger partial charge in [0, 0.05) is 18.5 Å². The van der Waals surface area contributed by atoms with Gasteiger partial charge in [0.2, 0.25) is 0 Å². The van der Waals surface area contributed by atoms with Crippen molar-refractivity contribution in [2.45, 2.75) is 4.90 Å². The highest BCUT2D eigenvalue weighted by molar-refractivity contribution is 7.91. The van der Waals surface area contributed by atoms with Gasteiger partial charge >= 0.3 is 0 Å². The summed E-state index contributed by atoms with van der Waals surface area (Å²) in [5, 5.41) is 10.9. The molecule has 0 spiro atoms. The molecule has 0 saturated heterocycles. The van der Waals surface area contributed by atoms with Crippen LogP contribution in [0, 0.1) is 10.1 Å². The Bertz CT molecular complexity index is 672. The van der Waals surface area contributed by atoms with E-state index in [1.54, 1.807) is 6.07 Å². The second-order valence-electron chi connectivity index (χ2n) is 3.38. The van der Waals surface area contributed by atoms with Gasteiger partial charge in [-0.2, -0.15) is 0 Å². The molecule has 7 heteroatoms. The predicted octanol–water partition coefficient (Wildman–Crippen LogP) is 1.48. The molecule has 2 rings (SSSR count). The molecular weight excluding hydrogens is 232 g/mol. The van der Waals surface area contributed by atoms with Crippen LogP contribution in [0.5, 0.6) is 0 Å². The second-order valence-corrected chi connectivity index (χ2v) is 5.37. The van der Waals surface area contributed by atoms with Crippen LogP contribution in [0.1, 0.15) is 0 Å². The Morgan fingerprint density at radius 2 is 2.06 bits per heavy atom. The third kappa shape index (κ3) is 1.54. The zero-order valence-electron chi connectivity index (χ0n) is 8.30. The number of nitrogens with zero attached hydrogens (tertiary/aromatic N) is 1. The van der Waals surface area contributed by atoms with Crippen molar-refractivity contribution >= 4 is 26.4 Å². The molecule has 0 radical (unpaired) electrons. The Balaban J connectivity index is 2.94. The number of nitro benzene ring substituents is 1. The van der Waals surface area contributed by atoms with Crippen LogP contribution in [0.3, 0.4) is 0 Å². The number of aromatic nitrogens is 1. The molecule has 16 heavy (non-hydrogen) atoms. The van der Waals surface area contributed by atoms with Crippen molar-refractivity contribution in [1.82, 2.24) is 4.98 Å². The average Bonchev–Trinajstić information content (AvgIpc) is 2.59. The smallest absolute Gasteiger partial charge is 0.280 e. The number of benzene rings is 1. The van der Waals surface area contributed by atoms with E-state index in [1.165, 1.54) is 18.3 Å². The first-order chi connectivity index (χ1) is 7.41. The number of fused-ring (bicyclic) bond motifs is 1. The number of hydrogen-bond donors (Lipinski definition) is 1. The molecule has 0 saturated carbocycles. The van der Waals surface area contributed by atoms with Gasteiger partial charge in [0.25, 0.3) is 5.69 Å². The topological polar surface area (TPSA) is 93.1 Å². The fourth-order valence-corrected chi connectivity index (χ4v) is 2.44. The Hall–Kier alpha value is -1.89. The van der Waals surface area contributed by atoms with Gasteiger partial charge in [0.15, 0.2) is 9.84 Å². The quantitative estimate of drug-likeness (QED) is 0.635. The largest absolute Gasteiger partial charge is 0.360 e. The lowest BCUT2D eigenvalue weighted by molar-refractivity contribution is -0.383. The predicted molar refractivity (Wildman–Crippen MR) is 58.1 cm³/mol. The molecule has 2 aromatic rings. The van der Waals surface area contributed by atoms with Gasteiger partial charge in [-0.15, -0.1) is 0 Å². The summed E-state index contributed by atoms with van der Waals surface area (Å²) < 4.78 is 22.9. The van der Waals surface area contributed by atoms with Gasteiger partial charge < -0.3 is 4.98 Å². The van der Waals surface area contributed by atoms with Crippen LogP contribution in [-0.4, -0.2) is 24.6 Å². The molecule has 1 aromatic carbocycles. The standard InChI is InChI=1S/C9H8N2O4S/c1-16(14,15)8-5-10-6-3-2-4-7(9(6)8)11(12)13/h2-5,10H,1H3. The SMILES string of the molecule is CS(=O)(=O)c1c[nH]c2cccc([N+](=O)[O-])c12. The maximum Gasteiger partial charge on any atom is 0.280 e. The average molecular weight is 240 g/mol. The summed E-state index contributed by atoms with van der Waals surface area (Å²) in [6, 6.07) is 4.38. The Labute approximate surface area is 91.0 Å². The van der Waals surface area contributed by atoms with E-state index in [2.05, 4.69) is 4.98 Å². The molecular formula is C9H8N2O4S. The van der Waals surface area contributed by atoms with E-state index in [0.29, 0.717) is 5.52 Å². The maximum absolute atomic E-state index is 11.4. The van der Waals surface area contributed by atoms with Crippen LogP contribution < -0.4 is 0 Å². The molecule has 6 nitrogen and oxygen atoms in total. The Kier molecular flexibility index (Phi) is 2.20. The molecule has 0 aliphatic heterocycles. The summed E-state index contributed by atoms with van der Waals surface area (Å²) in [5.74, 6) is 0. The molecule has 0 bridgehead atoms. The van der Waals surface area contributed by atoms with E-state index in [-0.39, 0.29) is 16.0 Å². The van der Waals surface area contributed by atoms with Gasteiger partial charge in [-0.3, -0.25) is 10.1 Å². The van der Waals surface area contributed by atoms with Gasteiger partial charge in [0.05, 0.1) is 20.7 Å². The van der Waals surface area contributed by atoms with Crippen LogP contribution >= 0.6 is 0 Å². The molecule has 0 fully saturated rings. The van der Waals surface area contributed by atoms with Crippen LogP contribution in [0.15, 0.2) is 29.3 Å². The fraction of sp³-hybridized carbons (Fsp3) is 0.111. The number of hydrogen-bond acceptors (Lipinski definition) is 4. The number of nitrogens with one attached hydrogen (secondary N) is 1. The zero-order valence-corrected chi connectivity index (χ0v) is 9.11. The second kappa shape index (κ2) is 3.31. The van der Waals surface area contributed by atoms with E-state index >= 15 is 0 Å². The zero-order chi connectivity index (χ0) is 11.9. The molecule has 0 atom stereocenters. The lowest BCUT2D eigenvalue weighted by Gasteiger charge is -1.97. The van der Waals surface area contributed by atoms with Crippen molar-refractivity contribution in [3.05, 3.63) is 34.5 Å². The molecule has 0 aliphatic carbocycles. The summed E-state index contributed by atoms with van der Waals surface area (Å²) in [5.41, 5.74) is 0.230. The van der Waals surface area contributed by atoms with Crippen molar-refractivity contribution in [2.24, 2.45) is 0 Å². The van der Waals surface area contributed by atoms with Gasteiger partial charge in [-0.25, -0.2) is 8.42 Å². The molecule has 1 N–H and O–H groups in total. The van der Waals surface area contributed by atoms with Gasteiger partial charge in [-0.05, 0) is 6.07 Å². The van der Waals surface area contributed by atoms with Crippen LogP contribution in [0.2, 0.25) is 0 Å². The number of nitro groups is 1. The normalized spacial score (nSPS) is 11.8. The van der Waals surface area contributed by atoms with Crippen molar-refractivity contribution < 1.29 is 13.3 Å².